The summed E-state index contributed by atoms with van der Waals surface area (Å²) >= 11 is 0. The van der Waals surface area contributed by atoms with Crippen LogP contribution in [0.5, 0.6) is 0 Å². The van der Waals surface area contributed by atoms with Crippen molar-refractivity contribution in [1.82, 2.24) is 0 Å². The van der Waals surface area contributed by atoms with Crippen molar-refractivity contribution in [3.8, 4) is 0 Å². The molecule has 0 bridgehead atoms. The van der Waals surface area contributed by atoms with Crippen molar-refractivity contribution in [2.45, 2.75) is 18.5 Å². The Kier molecular flexibility index (Phi) is 5.84. The predicted molar refractivity (Wildman–Crippen MR) is 45.2 cm³/mol. The SMILES string of the molecule is FC(F)(F)COP(F)(F)(OCC(F)(F)F)OCC(F)(F)F. The summed E-state index contributed by atoms with van der Waals surface area (Å²) in [6.45, 7) is -8.56. The van der Waals surface area contributed by atoms with Gasteiger partial charge < -0.3 is 0 Å². The van der Waals surface area contributed by atoms with Gasteiger partial charge in [0.05, 0.1) is 0 Å². The van der Waals surface area contributed by atoms with Gasteiger partial charge in [-0.1, -0.05) is 0 Å². The average Bonchev–Trinajstić information content (AvgIpc) is 2.20. The number of hydrogen-bond donors (Lipinski definition) is 0. The summed E-state index contributed by atoms with van der Waals surface area (Å²) in [5, 5.41) is 0. The molecule has 0 spiro atoms. The Bertz CT molecular complexity index is 293. The zero-order valence-electron chi connectivity index (χ0n) is 9.45. The Labute approximate surface area is 109 Å². The summed E-state index contributed by atoms with van der Waals surface area (Å²) in [7, 11) is -8.22. The van der Waals surface area contributed by atoms with Gasteiger partial charge in [-0.3, -0.25) is 0 Å². The van der Waals surface area contributed by atoms with Crippen molar-refractivity contribution in [3.63, 3.8) is 0 Å². The molecule has 0 heterocycles. The third-order valence-electron chi connectivity index (χ3n) is 1.29. The van der Waals surface area contributed by atoms with Crippen molar-refractivity contribution >= 4 is 7.91 Å². The summed E-state index contributed by atoms with van der Waals surface area (Å²) in [6, 6.07) is 0. The van der Waals surface area contributed by atoms with Crippen LogP contribution in [0.1, 0.15) is 0 Å². The number of hydrogen-bond acceptors (Lipinski definition) is 3. The molecule has 0 saturated carbocycles. The first-order chi connectivity index (χ1) is 8.90. The van der Waals surface area contributed by atoms with E-state index in [-0.39, 0.29) is 0 Å². The van der Waals surface area contributed by atoms with Crippen molar-refractivity contribution in [3.05, 3.63) is 0 Å². The minimum atomic E-state index is -8.22. The van der Waals surface area contributed by atoms with Gasteiger partial charge in [0.25, 0.3) is 0 Å². The van der Waals surface area contributed by atoms with E-state index in [1.807, 2.05) is 0 Å². The van der Waals surface area contributed by atoms with Gasteiger partial charge in [0.2, 0.25) is 0 Å². The molecule has 0 rings (SSSR count). The number of rotatable bonds is 6. The Morgan fingerprint density at radius 2 is 0.714 bits per heavy atom. The fraction of sp³-hybridized carbons (Fsp3) is 1.00. The monoisotopic (exact) mass is 366 g/mol. The van der Waals surface area contributed by atoms with Crippen molar-refractivity contribution < 1.29 is 61.5 Å². The van der Waals surface area contributed by atoms with Crippen LogP contribution in [-0.2, 0) is 13.6 Å². The van der Waals surface area contributed by atoms with Gasteiger partial charge >= 0.3 is 108 Å². The second-order valence-corrected chi connectivity index (χ2v) is 5.55. The van der Waals surface area contributed by atoms with E-state index >= 15 is 0 Å². The van der Waals surface area contributed by atoms with E-state index in [4.69, 9.17) is 0 Å². The first-order valence-corrected chi connectivity index (χ1v) is 6.28. The van der Waals surface area contributed by atoms with Crippen molar-refractivity contribution in [2.24, 2.45) is 0 Å². The molecule has 0 atom stereocenters. The molecule has 21 heavy (non-hydrogen) atoms. The Balaban J connectivity index is 5.03. The first-order valence-electron chi connectivity index (χ1n) is 4.51. The van der Waals surface area contributed by atoms with Crippen molar-refractivity contribution in [1.29, 1.82) is 0 Å². The molecule has 0 aliphatic rings. The molecule has 0 unspecified atom stereocenters. The molecule has 0 aromatic heterocycles. The average molecular weight is 366 g/mol. The third-order valence-corrected chi connectivity index (χ3v) is 2.90. The molecule has 0 aromatic carbocycles. The fourth-order valence-electron chi connectivity index (χ4n) is 0.636. The quantitative estimate of drug-likeness (QED) is 0.500. The van der Waals surface area contributed by atoms with Crippen LogP contribution in [0, 0.1) is 0 Å². The van der Waals surface area contributed by atoms with E-state index in [2.05, 4.69) is 13.6 Å². The van der Waals surface area contributed by atoms with Crippen LogP contribution < -0.4 is 0 Å². The molecule has 0 aliphatic heterocycles. The summed E-state index contributed by atoms with van der Waals surface area (Å²) in [5.74, 6) is 0. The molecule has 0 saturated heterocycles. The molecular weight excluding hydrogens is 360 g/mol. The predicted octanol–water partition coefficient (Wildman–Crippen LogP) is 4.79. The van der Waals surface area contributed by atoms with Crippen LogP contribution in [0.4, 0.5) is 47.9 Å². The molecule has 3 nitrogen and oxygen atoms in total. The molecule has 130 valence electrons. The van der Waals surface area contributed by atoms with Gasteiger partial charge in [-0.2, -0.15) is 0 Å². The second kappa shape index (κ2) is 5.97. The molecule has 0 aromatic rings. The minimum absolute atomic E-state index is 2.80. The van der Waals surface area contributed by atoms with E-state index in [1.165, 1.54) is 0 Å². The van der Waals surface area contributed by atoms with Crippen molar-refractivity contribution in [2.75, 3.05) is 19.8 Å². The van der Waals surface area contributed by atoms with Crippen LogP contribution >= 0.6 is 7.91 Å². The van der Waals surface area contributed by atoms with Gasteiger partial charge in [-0.15, -0.1) is 0 Å². The van der Waals surface area contributed by atoms with E-state index in [0.717, 1.165) is 0 Å². The van der Waals surface area contributed by atoms with Crippen LogP contribution in [0.3, 0.4) is 0 Å². The topological polar surface area (TPSA) is 27.7 Å². The van der Waals surface area contributed by atoms with Crippen LogP contribution in [0.2, 0.25) is 0 Å². The molecule has 0 fully saturated rings. The molecule has 0 aliphatic carbocycles. The van der Waals surface area contributed by atoms with Gasteiger partial charge in [0, 0.05) is 0 Å². The summed E-state index contributed by atoms with van der Waals surface area (Å²) in [4.78, 5) is 0. The van der Waals surface area contributed by atoms with Gasteiger partial charge in [-0.05, 0) is 0 Å². The zero-order chi connectivity index (χ0) is 17.2. The third kappa shape index (κ3) is 10.8. The van der Waals surface area contributed by atoms with Gasteiger partial charge in [0.1, 0.15) is 0 Å². The maximum atomic E-state index is 13.4. The molecule has 0 amide bonds. The van der Waals surface area contributed by atoms with E-state index in [1.54, 1.807) is 0 Å². The normalized spacial score (nSPS) is 16.6. The van der Waals surface area contributed by atoms with E-state index < -0.39 is 46.3 Å². The summed E-state index contributed by atoms with van der Waals surface area (Å²) in [5.41, 5.74) is 0. The number of alkyl halides is 9. The zero-order valence-corrected chi connectivity index (χ0v) is 10.3. The van der Waals surface area contributed by atoms with Crippen LogP contribution in [0.15, 0.2) is 0 Å². The van der Waals surface area contributed by atoms with E-state index in [9.17, 15) is 47.9 Å². The molecule has 0 N–H and O–H groups in total. The number of halogens is 11. The van der Waals surface area contributed by atoms with Gasteiger partial charge in [-0.25, -0.2) is 0 Å². The molecule has 0 radical (unpaired) electrons. The Morgan fingerprint density at radius 3 is 0.857 bits per heavy atom. The molecule has 15 heteroatoms. The van der Waals surface area contributed by atoms with Crippen LogP contribution in [-0.4, -0.2) is 38.3 Å². The second-order valence-electron chi connectivity index (χ2n) is 3.37. The van der Waals surface area contributed by atoms with Gasteiger partial charge in [0.15, 0.2) is 0 Å². The maximum absolute atomic E-state index is 13.4. The Hall–Kier alpha value is -0.460. The fourth-order valence-corrected chi connectivity index (χ4v) is 1.91. The molecular formula is C6H6F11O3P. The first kappa shape index (κ1) is 20.5. The standard InChI is InChI=1S/C6H6F11O3P/c7-4(8,9)1-18-21(16,17,19-2-5(10,11)12)20-3-6(13,14)15/h1-3H2. The van der Waals surface area contributed by atoms with E-state index in [0.29, 0.717) is 0 Å². The van der Waals surface area contributed by atoms with Crippen LogP contribution in [0.25, 0.3) is 0 Å². The summed E-state index contributed by atoms with van der Waals surface area (Å²) in [6.07, 6.45) is -16.4. The Morgan fingerprint density at radius 1 is 0.524 bits per heavy atom. The summed E-state index contributed by atoms with van der Waals surface area (Å²) < 4.78 is 141.